The van der Waals surface area contributed by atoms with Gasteiger partial charge in [0.15, 0.2) is 0 Å². The van der Waals surface area contributed by atoms with E-state index < -0.39 is 0 Å². The third-order valence-electron chi connectivity index (χ3n) is 3.09. The van der Waals surface area contributed by atoms with E-state index in [-0.39, 0.29) is 5.97 Å². The van der Waals surface area contributed by atoms with E-state index in [4.69, 9.17) is 4.74 Å². The predicted molar refractivity (Wildman–Crippen MR) is 82.2 cm³/mol. The molecule has 0 heterocycles. The van der Waals surface area contributed by atoms with Crippen molar-refractivity contribution in [3.63, 3.8) is 0 Å². The minimum absolute atomic E-state index is 0.278. The maximum Gasteiger partial charge on any atom is 0.338 e. The molecule has 0 saturated heterocycles. The molecule has 0 fully saturated rings. The summed E-state index contributed by atoms with van der Waals surface area (Å²) in [5, 5.41) is 0. The van der Waals surface area contributed by atoms with Gasteiger partial charge in [0.2, 0.25) is 0 Å². The molecular formula is C17H19NO2. The van der Waals surface area contributed by atoms with Crippen molar-refractivity contribution in [2.45, 2.75) is 6.92 Å². The summed E-state index contributed by atoms with van der Waals surface area (Å²) in [5.74, 6) is -0.278. The lowest BCUT2D eigenvalue weighted by Crippen LogP contribution is -2.08. The van der Waals surface area contributed by atoms with Crippen LogP contribution in [0.1, 0.15) is 17.3 Å². The molecule has 0 N–H and O–H groups in total. The van der Waals surface area contributed by atoms with Gasteiger partial charge in [-0.25, -0.2) is 4.79 Å². The molecule has 0 aliphatic carbocycles. The number of carbonyl (C=O) groups excluding carboxylic acids is 1. The van der Waals surface area contributed by atoms with Gasteiger partial charge in [0, 0.05) is 19.8 Å². The number of carbonyl (C=O) groups is 1. The fraction of sp³-hybridized carbons (Fsp3) is 0.235. The summed E-state index contributed by atoms with van der Waals surface area (Å²) in [5.41, 5.74) is 3.83. The van der Waals surface area contributed by atoms with Crippen molar-refractivity contribution in [2.24, 2.45) is 0 Å². The monoisotopic (exact) mass is 269 g/mol. The Morgan fingerprint density at radius 1 is 1.05 bits per heavy atom. The molecule has 104 valence electrons. The third kappa shape index (κ3) is 3.18. The van der Waals surface area contributed by atoms with Crippen LogP contribution in [0.4, 0.5) is 5.69 Å². The lowest BCUT2D eigenvalue weighted by molar-refractivity contribution is 0.0526. The van der Waals surface area contributed by atoms with Crippen molar-refractivity contribution >= 4 is 11.7 Å². The summed E-state index contributed by atoms with van der Waals surface area (Å²) in [6.45, 7) is 2.20. The van der Waals surface area contributed by atoms with E-state index in [2.05, 4.69) is 29.2 Å². The fourth-order valence-electron chi connectivity index (χ4n) is 1.99. The second kappa shape index (κ2) is 6.24. The summed E-state index contributed by atoms with van der Waals surface area (Å²) >= 11 is 0. The standard InChI is InChI=1S/C17H19NO2/c1-4-20-17(19)15-7-5-6-14(12-15)13-8-10-16(11-9-13)18(2)3/h5-12H,4H2,1-3H3. The van der Waals surface area contributed by atoms with E-state index in [1.807, 2.05) is 39.2 Å². The molecule has 0 aliphatic heterocycles. The normalized spacial score (nSPS) is 10.2. The van der Waals surface area contributed by atoms with Gasteiger partial charge in [0.25, 0.3) is 0 Å². The first-order valence-corrected chi connectivity index (χ1v) is 6.66. The van der Waals surface area contributed by atoms with E-state index >= 15 is 0 Å². The Kier molecular flexibility index (Phi) is 4.41. The van der Waals surface area contributed by atoms with Crippen molar-refractivity contribution < 1.29 is 9.53 Å². The number of benzene rings is 2. The minimum Gasteiger partial charge on any atom is -0.462 e. The third-order valence-corrected chi connectivity index (χ3v) is 3.09. The molecule has 2 rings (SSSR count). The predicted octanol–water partition coefficient (Wildman–Crippen LogP) is 3.60. The van der Waals surface area contributed by atoms with E-state index in [9.17, 15) is 4.79 Å². The molecular weight excluding hydrogens is 250 g/mol. The number of hydrogen-bond acceptors (Lipinski definition) is 3. The Balaban J connectivity index is 2.28. The smallest absolute Gasteiger partial charge is 0.338 e. The van der Waals surface area contributed by atoms with Crippen LogP contribution in [0.15, 0.2) is 48.5 Å². The van der Waals surface area contributed by atoms with E-state index in [1.54, 1.807) is 6.07 Å². The molecule has 0 saturated carbocycles. The summed E-state index contributed by atoms with van der Waals surface area (Å²) in [7, 11) is 4.02. The second-order valence-corrected chi connectivity index (χ2v) is 4.74. The number of hydrogen-bond donors (Lipinski definition) is 0. The maximum absolute atomic E-state index is 11.7. The molecule has 20 heavy (non-hydrogen) atoms. The zero-order valence-corrected chi connectivity index (χ0v) is 12.1. The molecule has 0 spiro atoms. The molecule has 0 bridgehead atoms. The number of esters is 1. The molecule has 2 aromatic rings. The Morgan fingerprint density at radius 3 is 2.35 bits per heavy atom. The van der Waals surface area contributed by atoms with Crippen LogP contribution in [0.25, 0.3) is 11.1 Å². The topological polar surface area (TPSA) is 29.5 Å². The van der Waals surface area contributed by atoms with Crippen LogP contribution in [0.3, 0.4) is 0 Å². The Morgan fingerprint density at radius 2 is 1.75 bits per heavy atom. The molecule has 0 radical (unpaired) electrons. The largest absolute Gasteiger partial charge is 0.462 e. The molecule has 3 nitrogen and oxygen atoms in total. The van der Waals surface area contributed by atoms with Crippen LogP contribution in [-0.2, 0) is 4.74 Å². The highest BCUT2D eigenvalue weighted by Gasteiger charge is 2.07. The summed E-state index contributed by atoms with van der Waals surface area (Å²) in [6.07, 6.45) is 0. The molecule has 0 aromatic heterocycles. The van der Waals surface area contributed by atoms with E-state index in [0.717, 1.165) is 16.8 Å². The van der Waals surface area contributed by atoms with Gasteiger partial charge in [-0.05, 0) is 42.3 Å². The van der Waals surface area contributed by atoms with Crippen LogP contribution in [0.5, 0.6) is 0 Å². The van der Waals surface area contributed by atoms with Crippen LogP contribution < -0.4 is 4.90 Å². The minimum atomic E-state index is -0.278. The molecule has 0 atom stereocenters. The molecule has 0 unspecified atom stereocenters. The van der Waals surface area contributed by atoms with Gasteiger partial charge in [-0.2, -0.15) is 0 Å². The fourth-order valence-corrected chi connectivity index (χ4v) is 1.99. The average Bonchev–Trinajstić information content (AvgIpc) is 2.48. The molecule has 3 heteroatoms. The lowest BCUT2D eigenvalue weighted by atomic mass is 10.0. The van der Waals surface area contributed by atoms with Crippen molar-refractivity contribution in [1.29, 1.82) is 0 Å². The van der Waals surface area contributed by atoms with Crippen molar-refractivity contribution in [3.05, 3.63) is 54.1 Å². The van der Waals surface area contributed by atoms with Crippen LogP contribution in [0, 0.1) is 0 Å². The zero-order chi connectivity index (χ0) is 14.5. The Hall–Kier alpha value is -2.29. The van der Waals surface area contributed by atoms with Gasteiger partial charge < -0.3 is 9.64 Å². The first-order valence-electron chi connectivity index (χ1n) is 6.66. The quantitative estimate of drug-likeness (QED) is 0.794. The highest BCUT2D eigenvalue weighted by Crippen LogP contribution is 2.23. The number of ether oxygens (including phenoxy) is 1. The SMILES string of the molecule is CCOC(=O)c1cccc(-c2ccc(N(C)C)cc2)c1. The summed E-state index contributed by atoms with van der Waals surface area (Å²) < 4.78 is 5.02. The number of anilines is 1. The Bertz CT molecular complexity index is 588. The van der Waals surface area contributed by atoms with Gasteiger partial charge in [-0.1, -0.05) is 24.3 Å². The van der Waals surface area contributed by atoms with Crippen molar-refractivity contribution in [2.75, 3.05) is 25.6 Å². The molecule has 0 aliphatic rings. The van der Waals surface area contributed by atoms with Gasteiger partial charge in [-0.15, -0.1) is 0 Å². The van der Waals surface area contributed by atoms with E-state index in [1.165, 1.54) is 0 Å². The first kappa shape index (κ1) is 14.1. The Labute approximate surface area is 119 Å². The first-order chi connectivity index (χ1) is 9.61. The van der Waals surface area contributed by atoms with Crippen LogP contribution in [0.2, 0.25) is 0 Å². The van der Waals surface area contributed by atoms with Crippen molar-refractivity contribution in [1.82, 2.24) is 0 Å². The number of nitrogens with zero attached hydrogens (tertiary/aromatic N) is 1. The second-order valence-electron chi connectivity index (χ2n) is 4.74. The molecule has 2 aromatic carbocycles. The molecule has 0 amide bonds. The van der Waals surface area contributed by atoms with Gasteiger partial charge in [0.1, 0.15) is 0 Å². The van der Waals surface area contributed by atoms with Gasteiger partial charge >= 0.3 is 5.97 Å². The van der Waals surface area contributed by atoms with E-state index in [0.29, 0.717) is 12.2 Å². The van der Waals surface area contributed by atoms with Gasteiger partial charge in [0.05, 0.1) is 12.2 Å². The van der Waals surface area contributed by atoms with Gasteiger partial charge in [-0.3, -0.25) is 0 Å². The summed E-state index contributed by atoms with van der Waals surface area (Å²) in [4.78, 5) is 13.8. The number of rotatable bonds is 4. The summed E-state index contributed by atoms with van der Waals surface area (Å²) in [6, 6.07) is 15.7. The highest BCUT2D eigenvalue weighted by atomic mass is 16.5. The average molecular weight is 269 g/mol. The highest BCUT2D eigenvalue weighted by molar-refractivity contribution is 5.91. The maximum atomic E-state index is 11.7. The van der Waals surface area contributed by atoms with Crippen LogP contribution >= 0.6 is 0 Å². The zero-order valence-electron chi connectivity index (χ0n) is 12.1. The van der Waals surface area contributed by atoms with Crippen molar-refractivity contribution in [3.8, 4) is 11.1 Å². The lowest BCUT2D eigenvalue weighted by Gasteiger charge is -2.13. The van der Waals surface area contributed by atoms with Crippen LogP contribution in [-0.4, -0.2) is 26.7 Å².